The molecule has 0 aromatic heterocycles. The number of rotatable bonds is 20. The van der Waals surface area contributed by atoms with Crippen LogP contribution in [0.1, 0.15) is 86.0 Å². The van der Waals surface area contributed by atoms with Crippen molar-refractivity contribution in [2.45, 2.75) is 110 Å². The van der Waals surface area contributed by atoms with Gasteiger partial charge in [-0.1, -0.05) is 51.9 Å². The van der Waals surface area contributed by atoms with Crippen molar-refractivity contribution in [1.82, 2.24) is 21.3 Å². The van der Waals surface area contributed by atoms with Gasteiger partial charge in [0.05, 0.1) is 0 Å². The molecule has 0 aromatic rings. The molecule has 0 saturated heterocycles. The molecule has 164 valence electrons. The Kier molecular flexibility index (Phi) is 19.0. The molecule has 4 atom stereocenters. The first-order chi connectivity index (χ1) is 13.0. The van der Waals surface area contributed by atoms with Gasteiger partial charge in [-0.15, -0.1) is 0 Å². The zero-order chi connectivity index (χ0) is 20.3. The highest BCUT2D eigenvalue weighted by molar-refractivity contribution is 4.73. The van der Waals surface area contributed by atoms with Crippen molar-refractivity contribution in [3.63, 3.8) is 0 Å². The molecule has 0 amide bonds. The molecule has 0 rings (SSSR count). The summed E-state index contributed by atoms with van der Waals surface area (Å²) >= 11 is 0. The fourth-order valence-corrected chi connectivity index (χ4v) is 3.06. The van der Waals surface area contributed by atoms with Crippen LogP contribution in [0.15, 0.2) is 0 Å². The number of hydrogen-bond acceptors (Lipinski definition) is 5. The molecule has 0 fully saturated rings. The van der Waals surface area contributed by atoms with Gasteiger partial charge in [0.15, 0.2) is 0 Å². The Morgan fingerprint density at radius 3 is 1.56 bits per heavy atom. The van der Waals surface area contributed by atoms with E-state index in [0.717, 1.165) is 32.7 Å². The lowest BCUT2D eigenvalue weighted by atomic mass is 10.1. The van der Waals surface area contributed by atoms with Crippen LogP contribution in [0.3, 0.4) is 0 Å². The van der Waals surface area contributed by atoms with Crippen LogP contribution in [0.25, 0.3) is 0 Å². The maximum absolute atomic E-state index is 5.77. The standard InChI is InChI=1S/C22H51N5/c1-6-7-8-9-10-11-12-13-14-24-16-20(3)26-18-22(5)27-17-21(4)25-15-19(2)23/h19-22,24-27H,6-18,23H2,1-5H3. The van der Waals surface area contributed by atoms with Gasteiger partial charge in [0, 0.05) is 50.3 Å². The van der Waals surface area contributed by atoms with Gasteiger partial charge in [0.2, 0.25) is 0 Å². The molecule has 0 saturated carbocycles. The molecule has 4 unspecified atom stereocenters. The molecule has 27 heavy (non-hydrogen) atoms. The molecule has 0 aliphatic carbocycles. The van der Waals surface area contributed by atoms with E-state index in [1.165, 1.54) is 51.4 Å². The first-order valence-corrected chi connectivity index (χ1v) is 11.6. The smallest absolute Gasteiger partial charge is 0.0164 e. The minimum Gasteiger partial charge on any atom is -0.327 e. The number of unbranched alkanes of at least 4 members (excludes halogenated alkanes) is 7. The van der Waals surface area contributed by atoms with E-state index < -0.39 is 0 Å². The highest BCUT2D eigenvalue weighted by atomic mass is 15.0. The van der Waals surface area contributed by atoms with Crippen molar-refractivity contribution in [3.8, 4) is 0 Å². The average Bonchev–Trinajstić information content (AvgIpc) is 2.64. The van der Waals surface area contributed by atoms with Crippen LogP contribution in [0.5, 0.6) is 0 Å². The summed E-state index contributed by atoms with van der Waals surface area (Å²) in [5.41, 5.74) is 5.77. The van der Waals surface area contributed by atoms with E-state index in [4.69, 9.17) is 5.73 Å². The van der Waals surface area contributed by atoms with Crippen LogP contribution in [0.2, 0.25) is 0 Å². The van der Waals surface area contributed by atoms with Crippen LogP contribution in [-0.2, 0) is 0 Å². The van der Waals surface area contributed by atoms with Gasteiger partial charge in [-0.05, 0) is 40.7 Å². The van der Waals surface area contributed by atoms with E-state index in [-0.39, 0.29) is 6.04 Å². The van der Waals surface area contributed by atoms with E-state index in [2.05, 4.69) is 49.0 Å². The molecule has 0 aliphatic rings. The Morgan fingerprint density at radius 2 is 1.04 bits per heavy atom. The molecule has 6 N–H and O–H groups in total. The third-order valence-corrected chi connectivity index (χ3v) is 4.99. The van der Waals surface area contributed by atoms with Crippen molar-refractivity contribution in [2.24, 2.45) is 5.73 Å². The maximum Gasteiger partial charge on any atom is 0.0164 e. The molecule has 5 heteroatoms. The average molecular weight is 386 g/mol. The summed E-state index contributed by atoms with van der Waals surface area (Å²) in [5.74, 6) is 0. The molecular weight excluding hydrogens is 334 g/mol. The monoisotopic (exact) mass is 385 g/mol. The fourth-order valence-electron chi connectivity index (χ4n) is 3.06. The van der Waals surface area contributed by atoms with Crippen LogP contribution in [0, 0.1) is 0 Å². The number of nitrogens with one attached hydrogen (secondary N) is 4. The summed E-state index contributed by atoms with van der Waals surface area (Å²) in [7, 11) is 0. The Hall–Kier alpha value is -0.200. The van der Waals surface area contributed by atoms with Gasteiger partial charge >= 0.3 is 0 Å². The number of nitrogens with two attached hydrogens (primary N) is 1. The van der Waals surface area contributed by atoms with Gasteiger partial charge in [-0.2, -0.15) is 0 Å². The lowest BCUT2D eigenvalue weighted by Gasteiger charge is -2.22. The maximum atomic E-state index is 5.77. The third kappa shape index (κ3) is 20.3. The summed E-state index contributed by atoms with van der Waals surface area (Å²) in [6.07, 6.45) is 11.1. The van der Waals surface area contributed by atoms with Crippen LogP contribution in [0.4, 0.5) is 0 Å². The largest absolute Gasteiger partial charge is 0.327 e. The van der Waals surface area contributed by atoms with Gasteiger partial charge in [0.1, 0.15) is 0 Å². The molecular formula is C22H51N5. The summed E-state index contributed by atoms with van der Waals surface area (Å²) in [5, 5.41) is 14.2. The van der Waals surface area contributed by atoms with E-state index >= 15 is 0 Å². The molecule has 0 aromatic carbocycles. The van der Waals surface area contributed by atoms with Crippen molar-refractivity contribution < 1.29 is 0 Å². The van der Waals surface area contributed by atoms with Crippen molar-refractivity contribution in [3.05, 3.63) is 0 Å². The highest BCUT2D eigenvalue weighted by Gasteiger charge is 2.07. The quantitative estimate of drug-likeness (QED) is 0.208. The number of hydrogen-bond donors (Lipinski definition) is 5. The van der Waals surface area contributed by atoms with E-state index in [9.17, 15) is 0 Å². The molecule has 0 heterocycles. The zero-order valence-corrected chi connectivity index (χ0v) is 19.1. The molecule has 5 nitrogen and oxygen atoms in total. The topological polar surface area (TPSA) is 74.1 Å². The summed E-state index contributed by atoms with van der Waals surface area (Å²) < 4.78 is 0. The summed E-state index contributed by atoms with van der Waals surface area (Å²) in [6.45, 7) is 16.1. The summed E-state index contributed by atoms with van der Waals surface area (Å²) in [4.78, 5) is 0. The molecule has 0 aliphatic heterocycles. The Balaban J connectivity index is 3.43. The Morgan fingerprint density at radius 1 is 0.593 bits per heavy atom. The van der Waals surface area contributed by atoms with Crippen molar-refractivity contribution in [2.75, 3.05) is 32.7 Å². The van der Waals surface area contributed by atoms with Crippen molar-refractivity contribution in [1.29, 1.82) is 0 Å². The van der Waals surface area contributed by atoms with Gasteiger partial charge in [0.25, 0.3) is 0 Å². The SMILES string of the molecule is CCCCCCCCCCNCC(C)NCC(C)NCC(C)NCC(C)N. The third-order valence-electron chi connectivity index (χ3n) is 4.99. The zero-order valence-electron chi connectivity index (χ0n) is 19.1. The van der Waals surface area contributed by atoms with Crippen LogP contribution < -0.4 is 27.0 Å². The van der Waals surface area contributed by atoms with E-state index in [0.29, 0.717) is 18.1 Å². The van der Waals surface area contributed by atoms with Crippen LogP contribution >= 0.6 is 0 Å². The fraction of sp³-hybridized carbons (Fsp3) is 1.00. The molecule has 0 radical (unpaired) electrons. The first kappa shape index (κ1) is 26.8. The van der Waals surface area contributed by atoms with Gasteiger partial charge < -0.3 is 27.0 Å². The Labute approximate surface area is 170 Å². The summed E-state index contributed by atoms with van der Waals surface area (Å²) in [6, 6.07) is 1.64. The first-order valence-electron chi connectivity index (χ1n) is 11.6. The second-order valence-corrected chi connectivity index (χ2v) is 8.58. The molecule has 0 bridgehead atoms. The van der Waals surface area contributed by atoms with Gasteiger partial charge in [-0.3, -0.25) is 0 Å². The van der Waals surface area contributed by atoms with Crippen molar-refractivity contribution >= 4 is 0 Å². The lowest BCUT2D eigenvalue weighted by Crippen LogP contribution is -2.47. The van der Waals surface area contributed by atoms with E-state index in [1.54, 1.807) is 0 Å². The highest BCUT2D eigenvalue weighted by Crippen LogP contribution is 2.07. The minimum absolute atomic E-state index is 0.214. The minimum atomic E-state index is 0.214. The predicted molar refractivity (Wildman–Crippen MR) is 122 cm³/mol. The lowest BCUT2D eigenvalue weighted by molar-refractivity contribution is 0.414. The van der Waals surface area contributed by atoms with Gasteiger partial charge in [-0.25, -0.2) is 0 Å². The van der Waals surface area contributed by atoms with Crippen LogP contribution in [-0.4, -0.2) is 56.9 Å². The van der Waals surface area contributed by atoms with E-state index in [1.807, 2.05) is 6.92 Å². The molecule has 0 spiro atoms. The second-order valence-electron chi connectivity index (χ2n) is 8.58. The normalized spacial score (nSPS) is 16.2. The second kappa shape index (κ2) is 19.1. The predicted octanol–water partition coefficient (Wildman–Crippen LogP) is 3.00. The Bertz CT molecular complexity index is 298.